The topological polar surface area (TPSA) is 119 Å². The van der Waals surface area contributed by atoms with Crippen LogP contribution in [0.1, 0.15) is 45.4 Å². The summed E-state index contributed by atoms with van der Waals surface area (Å²) in [7, 11) is 0. The maximum Gasteiger partial charge on any atom is 3.00 e. The fourth-order valence-corrected chi connectivity index (χ4v) is 1.86. The molecule has 0 rings (SSSR count). The molecule has 0 aromatic carbocycles. The first-order valence-electron chi connectivity index (χ1n) is 6.18. The summed E-state index contributed by atoms with van der Waals surface area (Å²) in [6, 6.07) is 0. The Kier molecular flexibility index (Phi) is 205. The van der Waals surface area contributed by atoms with Crippen LogP contribution in [0, 0.1) is 0 Å². The molecule has 0 aromatic heterocycles. The minimum Gasteiger partial charge on any atom is -0.793 e. The van der Waals surface area contributed by atoms with Gasteiger partial charge in [-0.3, -0.25) is 4.79 Å². The minimum absolute atomic E-state index is 0. The van der Waals surface area contributed by atoms with Crippen LogP contribution in [0.2, 0.25) is 0 Å². The standard InChI is InChI=1S/C10H20OS2.6CO.2Fe/c1-2-9(11)5-3-4-6-10(13)7-8-12;6*1-2;;/h10,12-13H,2-8H2,1H3;;;;;;;;/q;6*-1;2*+3/p-2. The Bertz CT molecular complexity index is 217. The largest absolute Gasteiger partial charge is 3.00 e. The van der Waals surface area contributed by atoms with E-state index in [0.717, 1.165) is 37.9 Å². The Balaban J connectivity index is -0.0000000282. The van der Waals surface area contributed by atoms with Gasteiger partial charge in [-0.15, -0.1) is 0 Å². The summed E-state index contributed by atoms with van der Waals surface area (Å²) in [5.41, 5.74) is 0. The van der Waals surface area contributed by atoms with Gasteiger partial charge in [-0.05, 0) is 6.42 Å². The molecular weight excluding hydrogens is 480 g/mol. The zero-order chi connectivity index (χ0) is 22.1. The third kappa shape index (κ3) is 107. The maximum absolute atomic E-state index is 10.9. The normalized spacial score (nSPS) is 7.07. The summed E-state index contributed by atoms with van der Waals surface area (Å²) in [5, 5.41) is 0.328. The number of ketones is 1. The van der Waals surface area contributed by atoms with E-state index in [4.69, 9.17) is 54.0 Å². The molecule has 0 aliphatic heterocycles. The molecule has 0 saturated heterocycles. The first kappa shape index (κ1) is 56.3. The van der Waals surface area contributed by atoms with Gasteiger partial charge >= 0.3 is 34.1 Å². The average Bonchev–Trinajstić information content (AvgIpc) is 2.74. The molecule has 1 unspecified atom stereocenters. The van der Waals surface area contributed by atoms with Crippen LogP contribution < -0.4 is 0 Å². The SMILES string of the molecule is CCC(=O)CCCCC([S-])CC[S-].[C-]=O.[C-]=O.[C-]=O.[C-]=O.[C-]=O.[C-]=O.[Fe+3].[Fe+3]. The van der Waals surface area contributed by atoms with Crippen LogP contribution in [0.4, 0.5) is 0 Å². The number of carbonyl (C=O) groups excluding carboxylic acids is 7. The van der Waals surface area contributed by atoms with Crippen LogP contribution in [0.5, 0.6) is 0 Å². The van der Waals surface area contributed by atoms with E-state index < -0.39 is 0 Å². The quantitative estimate of drug-likeness (QED) is 0.197. The summed E-state index contributed by atoms with van der Waals surface area (Å²) in [4.78, 5) is 55.9. The summed E-state index contributed by atoms with van der Waals surface area (Å²) in [6.07, 6.45) is 5.48. The molecule has 0 aliphatic carbocycles. The summed E-state index contributed by atoms with van der Waals surface area (Å²) >= 11 is 10.0. The van der Waals surface area contributed by atoms with Crippen molar-refractivity contribution in [2.75, 3.05) is 5.75 Å². The fourth-order valence-electron chi connectivity index (χ4n) is 1.15. The van der Waals surface area contributed by atoms with Gasteiger partial charge in [0.05, 0.1) is 0 Å². The Hall–Kier alpha value is -0.571. The number of unbranched alkanes of at least 4 members (excludes halogenated alkanes) is 1. The van der Waals surface area contributed by atoms with E-state index in [2.05, 4.69) is 40.7 Å². The van der Waals surface area contributed by atoms with Crippen molar-refractivity contribution in [1.29, 1.82) is 0 Å². The molecule has 0 amide bonds. The molecule has 0 saturated carbocycles. The molecule has 0 spiro atoms. The van der Waals surface area contributed by atoms with Gasteiger partial charge in [-0.1, -0.05) is 26.2 Å². The second kappa shape index (κ2) is 98.2. The van der Waals surface area contributed by atoms with E-state index in [-0.39, 0.29) is 34.1 Å². The van der Waals surface area contributed by atoms with Gasteiger partial charge in [0.2, 0.25) is 0 Å². The van der Waals surface area contributed by atoms with Crippen LogP contribution in [0.3, 0.4) is 0 Å². The molecule has 0 fully saturated rings. The molecule has 0 aliphatic rings. The first-order chi connectivity index (χ1) is 12.2. The molecule has 8 radical (unpaired) electrons. The Morgan fingerprint density at radius 3 is 1.33 bits per heavy atom. The molecule has 0 heterocycles. The van der Waals surface area contributed by atoms with Crippen LogP contribution in [-0.2, 0) is 93.0 Å². The summed E-state index contributed by atoms with van der Waals surface area (Å²) < 4.78 is 0. The van der Waals surface area contributed by atoms with Gasteiger partial charge in [-0.2, -0.15) is 11.0 Å². The second-order valence-corrected chi connectivity index (χ2v) is 4.33. The zero-order valence-corrected chi connectivity index (χ0v) is 18.2. The van der Waals surface area contributed by atoms with Crippen molar-refractivity contribution in [3.05, 3.63) is 0 Å². The zero-order valence-electron chi connectivity index (χ0n) is 14.4. The average molecular weight is 498 g/mol. The minimum atomic E-state index is 0. The van der Waals surface area contributed by atoms with E-state index >= 15 is 0 Å². The van der Waals surface area contributed by atoms with Gasteiger partial charge in [-0.25, -0.2) is 0 Å². The molecule has 27 heavy (non-hydrogen) atoms. The van der Waals surface area contributed by atoms with Crippen LogP contribution >= 0.6 is 0 Å². The molecule has 11 heteroatoms. The molecule has 0 aromatic rings. The second-order valence-electron chi connectivity index (χ2n) is 3.25. The van der Waals surface area contributed by atoms with Crippen molar-refractivity contribution in [2.24, 2.45) is 0 Å². The van der Waals surface area contributed by atoms with Crippen molar-refractivity contribution in [3.63, 3.8) is 0 Å². The first-order valence-corrected chi connectivity index (χ1v) is 7.23. The molecular formula is C16H18Fe2O7S2-2. The van der Waals surface area contributed by atoms with E-state index in [1.807, 2.05) is 6.92 Å². The molecule has 154 valence electrons. The Morgan fingerprint density at radius 2 is 1.07 bits per heavy atom. The van der Waals surface area contributed by atoms with Gasteiger partial charge in [0.25, 0.3) is 0 Å². The number of hydrogen-bond donors (Lipinski definition) is 0. The Labute approximate surface area is 195 Å². The van der Waals surface area contributed by atoms with E-state index in [0.29, 0.717) is 17.5 Å². The predicted octanol–water partition coefficient (Wildman–Crippen LogP) is -0.00920. The fraction of sp³-hybridized carbons (Fsp3) is 0.562. The number of rotatable bonds is 8. The molecule has 7 nitrogen and oxygen atoms in total. The van der Waals surface area contributed by atoms with Gasteiger partial charge < -0.3 is 94.8 Å². The van der Waals surface area contributed by atoms with Crippen molar-refractivity contribution >= 4 is 71.8 Å². The summed E-state index contributed by atoms with van der Waals surface area (Å²) in [5.74, 6) is 1.13. The maximum atomic E-state index is 10.9. The van der Waals surface area contributed by atoms with Crippen LogP contribution in [0.25, 0.3) is 0 Å². The van der Waals surface area contributed by atoms with E-state index in [1.165, 1.54) is 0 Å². The third-order valence-electron chi connectivity index (χ3n) is 2.07. The monoisotopic (exact) mass is 498 g/mol. The van der Waals surface area contributed by atoms with Gasteiger partial charge in [0, 0.05) is 12.8 Å². The van der Waals surface area contributed by atoms with Crippen LogP contribution in [-0.4, -0.2) is 57.5 Å². The van der Waals surface area contributed by atoms with Gasteiger partial charge in [0.15, 0.2) is 0 Å². The number of carbonyl (C=O) groups is 1. The molecule has 1 atom stereocenters. The predicted molar refractivity (Wildman–Crippen MR) is 95.9 cm³/mol. The number of Topliss-reactive ketones (excluding diaryl/α,β-unsaturated/α-hetero) is 1. The summed E-state index contributed by atoms with van der Waals surface area (Å²) in [6.45, 7) is 28.9. The van der Waals surface area contributed by atoms with Crippen molar-refractivity contribution in [3.8, 4) is 0 Å². The van der Waals surface area contributed by atoms with Crippen molar-refractivity contribution in [2.45, 2.75) is 50.7 Å². The van der Waals surface area contributed by atoms with Crippen molar-refractivity contribution < 1.29 is 67.7 Å². The van der Waals surface area contributed by atoms with Gasteiger partial charge in [0.1, 0.15) is 5.78 Å². The number of hydrogen-bond acceptors (Lipinski definition) is 9. The molecule has 0 bridgehead atoms. The van der Waals surface area contributed by atoms with Crippen LogP contribution in [0.15, 0.2) is 0 Å². The van der Waals surface area contributed by atoms with E-state index in [1.54, 1.807) is 0 Å². The third-order valence-corrected chi connectivity index (χ3v) is 2.77. The van der Waals surface area contributed by atoms with E-state index in [9.17, 15) is 4.79 Å². The smallest absolute Gasteiger partial charge is 0.793 e. The Morgan fingerprint density at radius 1 is 0.741 bits per heavy atom. The molecule has 0 N–H and O–H groups in total. The van der Waals surface area contributed by atoms with Crippen molar-refractivity contribution in [1.82, 2.24) is 0 Å².